The molecule has 21 heavy (non-hydrogen) atoms. The molecule has 0 unspecified atom stereocenters. The van der Waals surface area contributed by atoms with Crippen LogP contribution in [0.15, 0.2) is 51.9 Å². The topological polar surface area (TPSA) is 53.7 Å². The van der Waals surface area contributed by atoms with Crippen LogP contribution < -0.4 is 5.43 Å². The molecule has 112 valence electrons. The Morgan fingerprint density at radius 3 is 2.62 bits per heavy atom. The van der Waals surface area contributed by atoms with Crippen LogP contribution >= 0.6 is 0 Å². The van der Waals surface area contributed by atoms with E-state index >= 15 is 0 Å². The van der Waals surface area contributed by atoms with E-state index in [4.69, 9.17) is 4.42 Å². The van der Waals surface area contributed by atoms with Crippen LogP contribution in [0.2, 0.25) is 0 Å². The van der Waals surface area contributed by atoms with Crippen molar-refractivity contribution in [2.24, 2.45) is 0 Å². The Morgan fingerprint density at radius 1 is 1.29 bits per heavy atom. The summed E-state index contributed by atoms with van der Waals surface area (Å²) in [5.41, 5.74) is 0.893. The van der Waals surface area contributed by atoms with Crippen molar-refractivity contribution < 1.29 is 9.52 Å². The van der Waals surface area contributed by atoms with Gasteiger partial charge in [-0.15, -0.1) is 0 Å². The minimum Gasteiger partial charge on any atom is -0.502 e. The Bertz CT molecular complexity index is 621. The van der Waals surface area contributed by atoms with Crippen LogP contribution in [-0.4, -0.2) is 23.1 Å². The third-order valence-electron chi connectivity index (χ3n) is 3.68. The van der Waals surface area contributed by atoms with E-state index in [9.17, 15) is 9.90 Å². The molecule has 0 fully saturated rings. The van der Waals surface area contributed by atoms with E-state index in [0.29, 0.717) is 18.3 Å². The second-order valence-corrected chi connectivity index (χ2v) is 5.26. The van der Waals surface area contributed by atoms with E-state index in [1.165, 1.54) is 11.6 Å². The van der Waals surface area contributed by atoms with Crippen LogP contribution in [0.1, 0.15) is 24.7 Å². The average Bonchev–Trinajstić information content (AvgIpc) is 2.49. The Labute approximate surface area is 124 Å². The molecule has 1 atom stereocenters. The van der Waals surface area contributed by atoms with Crippen molar-refractivity contribution >= 4 is 0 Å². The van der Waals surface area contributed by atoms with E-state index < -0.39 is 5.43 Å². The monoisotopic (exact) mass is 287 g/mol. The molecule has 0 saturated carbocycles. The van der Waals surface area contributed by atoms with Gasteiger partial charge in [0, 0.05) is 12.1 Å². The summed E-state index contributed by atoms with van der Waals surface area (Å²) < 4.78 is 5.26. The smallest absolute Gasteiger partial charge is 0.226 e. The summed E-state index contributed by atoms with van der Waals surface area (Å²) in [7, 11) is 2.02. The van der Waals surface area contributed by atoms with Gasteiger partial charge < -0.3 is 9.52 Å². The lowest BCUT2D eigenvalue weighted by atomic mass is 10.0. The van der Waals surface area contributed by atoms with E-state index in [2.05, 4.69) is 24.0 Å². The molecule has 0 saturated heterocycles. The second-order valence-electron chi connectivity index (χ2n) is 5.26. The molecule has 1 aromatic carbocycles. The third-order valence-corrected chi connectivity index (χ3v) is 3.68. The highest BCUT2D eigenvalue weighted by molar-refractivity contribution is 5.17. The lowest BCUT2D eigenvalue weighted by molar-refractivity contribution is 0.206. The van der Waals surface area contributed by atoms with Crippen LogP contribution in [0.3, 0.4) is 0 Å². The Balaban J connectivity index is 2.04. The molecule has 4 nitrogen and oxygen atoms in total. The van der Waals surface area contributed by atoms with Crippen molar-refractivity contribution in [1.29, 1.82) is 0 Å². The number of benzene rings is 1. The van der Waals surface area contributed by atoms with Gasteiger partial charge in [0.15, 0.2) is 5.75 Å². The third kappa shape index (κ3) is 4.20. The van der Waals surface area contributed by atoms with E-state index in [1.54, 1.807) is 0 Å². The number of aromatic hydroxyl groups is 1. The summed E-state index contributed by atoms with van der Waals surface area (Å²) in [6, 6.07) is 12.1. The van der Waals surface area contributed by atoms with Crippen molar-refractivity contribution in [3.8, 4) is 5.75 Å². The summed E-state index contributed by atoms with van der Waals surface area (Å²) in [5, 5.41) is 9.21. The number of hydrogen-bond acceptors (Lipinski definition) is 4. The maximum Gasteiger partial charge on any atom is 0.226 e. The van der Waals surface area contributed by atoms with Crippen LogP contribution in [0.25, 0.3) is 0 Å². The molecule has 2 rings (SSSR count). The first-order valence-electron chi connectivity index (χ1n) is 7.15. The highest BCUT2D eigenvalue weighted by Crippen LogP contribution is 2.14. The summed E-state index contributed by atoms with van der Waals surface area (Å²) in [4.78, 5) is 13.6. The highest BCUT2D eigenvalue weighted by atomic mass is 16.4. The van der Waals surface area contributed by atoms with Crippen LogP contribution in [-0.2, 0) is 13.0 Å². The molecule has 0 aliphatic rings. The first-order chi connectivity index (χ1) is 10.1. The Hall–Kier alpha value is -2.07. The van der Waals surface area contributed by atoms with Gasteiger partial charge in [-0.05, 0) is 25.5 Å². The zero-order valence-corrected chi connectivity index (χ0v) is 12.5. The van der Waals surface area contributed by atoms with Gasteiger partial charge >= 0.3 is 0 Å². The lowest BCUT2D eigenvalue weighted by Crippen LogP contribution is -2.32. The minimum absolute atomic E-state index is 0.349. The van der Waals surface area contributed by atoms with Crippen LogP contribution in [0.5, 0.6) is 5.75 Å². The number of hydrogen-bond donors (Lipinski definition) is 1. The molecule has 0 bridgehead atoms. The van der Waals surface area contributed by atoms with Gasteiger partial charge in [-0.3, -0.25) is 9.69 Å². The predicted octanol–water partition coefficient (Wildman–Crippen LogP) is 2.80. The largest absolute Gasteiger partial charge is 0.502 e. The number of nitrogens with zero attached hydrogens (tertiary/aromatic N) is 1. The zero-order chi connectivity index (χ0) is 15.2. The molecule has 0 aliphatic heterocycles. The molecule has 2 aromatic rings. The van der Waals surface area contributed by atoms with E-state index in [0.717, 1.165) is 19.1 Å². The van der Waals surface area contributed by atoms with Gasteiger partial charge in [-0.2, -0.15) is 0 Å². The summed E-state index contributed by atoms with van der Waals surface area (Å²) in [6.45, 7) is 2.69. The van der Waals surface area contributed by atoms with Gasteiger partial charge in [-0.25, -0.2) is 0 Å². The normalized spacial score (nSPS) is 12.5. The SMILES string of the molecule is CC[C@H](Cc1ccccc1)N(C)Cc1cc(=O)c(O)co1. The van der Waals surface area contributed by atoms with Crippen LogP contribution in [0.4, 0.5) is 0 Å². The average molecular weight is 287 g/mol. The molecule has 1 heterocycles. The molecule has 0 radical (unpaired) electrons. The summed E-state index contributed by atoms with van der Waals surface area (Å²) in [6.07, 6.45) is 3.06. The Morgan fingerprint density at radius 2 is 2.00 bits per heavy atom. The molecule has 0 aliphatic carbocycles. The number of likely N-dealkylation sites (N-methyl/N-ethyl adjacent to an activating group) is 1. The number of rotatable bonds is 6. The highest BCUT2D eigenvalue weighted by Gasteiger charge is 2.15. The standard InChI is InChI=1S/C17H21NO3/c1-3-14(9-13-7-5-4-6-8-13)18(2)11-15-10-16(19)17(20)12-21-15/h4-8,10,12,14,20H,3,9,11H2,1-2H3/t14-/m1/s1. The van der Waals surface area contributed by atoms with E-state index in [1.807, 2.05) is 25.2 Å². The van der Waals surface area contributed by atoms with Crippen molar-refractivity contribution in [3.63, 3.8) is 0 Å². The molecule has 1 N–H and O–H groups in total. The van der Waals surface area contributed by atoms with Crippen molar-refractivity contribution in [3.05, 3.63) is 64.2 Å². The Kier molecular flexibility index (Phi) is 5.17. The lowest BCUT2D eigenvalue weighted by Gasteiger charge is -2.26. The molecule has 0 spiro atoms. The molecule has 1 aromatic heterocycles. The second kappa shape index (κ2) is 7.09. The fourth-order valence-electron chi connectivity index (χ4n) is 2.40. The predicted molar refractivity (Wildman–Crippen MR) is 82.3 cm³/mol. The van der Waals surface area contributed by atoms with Gasteiger partial charge in [0.25, 0.3) is 0 Å². The first-order valence-corrected chi connectivity index (χ1v) is 7.15. The molecular weight excluding hydrogens is 266 g/mol. The van der Waals surface area contributed by atoms with Crippen molar-refractivity contribution in [2.45, 2.75) is 32.4 Å². The first kappa shape index (κ1) is 15.3. The van der Waals surface area contributed by atoms with Crippen LogP contribution in [0, 0.1) is 0 Å². The molecule has 4 heteroatoms. The van der Waals surface area contributed by atoms with Gasteiger partial charge in [0.1, 0.15) is 12.0 Å². The van der Waals surface area contributed by atoms with Gasteiger partial charge in [-0.1, -0.05) is 37.3 Å². The molecule has 0 amide bonds. The minimum atomic E-state index is -0.402. The fourth-order valence-corrected chi connectivity index (χ4v) is 2.40. The summed E-state index contributed by atoms with van der Waals surface area (Å²) in [5.74, 6) is 0.213. The van der Waals surface area contributed by atoms with Gasteiger partial charge in [0.05, 0.1) is 6.54 Å². The maximum atomic E-state index is 11.4. The van der Waals surface area contributed by atoms with Crippen molar-refractivity contribution in [1.82, 2.24) is 4.90 Å². The molecular formula is C17H21NO3. The zero-order valence-electron chi connectivity index (χ0n) is 12.5. The fraction of sp³-hybridized carbons (Fsp3) is 0.353. The van der Waals surface area contributed by atoms with Gasteiger partial charge in [0.2, 0.25) is 5.43 Å². The summed E-state index contributed by atoms with van der Waals surface area (Å²) >= 11 is 0. The maximum absolute atomic E-state index is 11.4. The van der Waals surface area contributed by atoms with Crippen molar-refractivity contribution in [2.75, 3.05) is 7.05 Å². The van der Waals surface area contributed by atoms with E-state index in [-0.39, 0.29) is 5.75 Å². The quantitative estimate of drug-likeness (QED) is 0.887.